The number of benzene rings is 3. The quantitative estimate of drug-likeness (QED) is 0.407. The zero-order valence-corrected chi connectivity index (χ0v) is 21.0. The lowest BCUT2D eigenvalue weighted by molar-refractivity contribution is -0.0987. The molecule has 0 aliphatic heterocycles. The number of aryl methyl sites for hydroxylation is 2. The minimum absolute atomic E-state index is 0.792. The van der Waals surface area contributed by atoms with E-state index in [1.54, 1.807) is 0 Å². The standard InChI is InChI=1S/C20H18O2.3C2H6.2CH2O/c1-15-3-7-17(8-4-15)21-19-11-13-20(14-12-19)22-18-9-5-16(2)6-10-18;5*1-2/h3-14H,1-2H3;3*1-2H3;2*1H2. The van der Waals surface area contributed by atoms with Crippen LogP contribution in [0.15, 0.2) is 72.8 Å². The Hall–Kier alpha value is -3.40. The van der Waals surface area contributed by atoms with Crippen molar-refractivity contribution in [3.8, 4) is 23.0 Å². The second kappa shape index (κ2) is 23.9. The van der Waals surface area contributed by atoms with Crippen molar-refractivity contribution in [2.45, 2.75) is 55.4 Å². The molecule has 0 aromatic heterocycles. The smallest absolute Gasteiger partial charge is 0.127 e. The van der Waals surface area contributed by atoms with Crippen LogP contribution >= 0.6 is 0 Å². The zero-order valence-electron chi connectivity index (χ0n) is 21.0. The molecule has 0 saturated heterocycles. The van der Waals surface area contributed by atoms with Gasteiger partial charge in [-0.3, -0.25) is 0 Å². The minimum Gasteiger partial charge on any atom is -0.457 e. The number of carbonyl (C=O) groups excluding carboxylic acids is 2. The molecule has 0 fully saturated rings. The van der Waals surface area contributed by atoms with Crippen LogP contribution in [0, 0.1) is 13.8 Å². The fourth-order valence-electron chi connectivity index (χ4n) is 2.06. The van der Waals surface area contributed by atoms with Gasteiger partial charge in [0.1, 0.15) is 36.6 Å². The molecule has 0 heterocycles. The molecule has 176 valence electrons. The fourth-order valence-corrected chi connectivity index (χ4v) is 2.06. The van der Waals surface area contributed by atoms with Gasteiger partial charge >= 0.3 is 0 Å². The predicted molar refractivity (Wildman–Crippen MR) is 137 cm³/mol. The second-order valence-electron chi connectivity index (χ2n) is 5.30. The lowest BCUT2D eigenvalue weighted by atomic mass is 10.2. The van der Waals surface area contributed by atoms with Gasteiger partial charge in [-0.1, -0.05) is 76.9 Å². The highest BCUT2D eigenvalue weighted by Crippen LogP contribution is 2.27. The Labute approximate surface area is 195 Å². The van der Waals surface area contributed by atoms with Crippen molar-refractivity contribution < 1.29 is 19.1 Å². The first kappa shape index (κ1) is 33.2. The van der Waals surface area contributed by atoms with Gasteiger partial charge in [0, 0.05) is 0 Å². The van der Waals surface area contributed by atoms with E-state index in [9.17, 15) is 0 Å². The first-order valence-corrected chi connectivity index (χ1v) is 10.9. The van der Waals surface area contributed by atoms with E-state index in [-0.39, 0.29) is 0 Å². The maximum Gasteiger partial charge on any atom is 0.127 e. The first-order chi connectivity index (χ1) is 15.7. The maximum absolute atomic E-state index is 8.00. The van der Waals surface area contributed by atoms with E-state index in [0.717, 1.165) is 23.0 Å². The van der Waals surface area contributed by atoms with Crippen LogP contribution in [0.1, 0.15) is 52.7 Å². The van der Waals surface area contributed by atoms with Crippen LogP contribution in [0.4, 0.5) is 0 Å². The van der Waals surface area contributed by atoms with Crippen molar-refractivity contribution in [2.75, 3.05) is 0 Å². The van der Waals surface area contributed by atoms with Gasteiger partial charge in [0.05, 0.1) is 0 Å². The van der Waals surface area contributed by atoms with Crippen LogP contribution in [0.5, 0.6) is 23.0 Å². The molecule has 4 nitrogen and oxygen atoms in total. The molecule has 0 radical (unpaired) electrons. The van der Waals surface area contributed by atoms with E-state index >= 15 is 0 Å². The first-order valence-electron chi connectivity index (χ1n) is 10.9. The maximum atomic E-state index is 8.00. The van der Waals surface area contributed by atoms with Gasteiger partial charge in [-0.05, 0) is 62.4 Å². The molecular weight excluding hydrogens is 400 g/mol. The van der Waals surface area contributed by atoms with Crippen LogP contribution in [-0.2, 0) is 9.59 Å². The van der Waals surface area contributed by atoms with Crippen molar-refractivity contribution in [3.63, 3.8) is 0 Å². The molecule has 4 heteroatoms. The van der Waals surface area contributed by atoms with E-state index < -0.39 is 0 Å². The summed E-state index contributed by atoms with van der Waals surface area (Å²) in [6.45, 7) is 20.1. The third-order valence-electron chi connectivity index (χ3n) is 3.34. The van der Waals surface area contributed by atoms with Gasteiger partial charge in [-0.25, -0.2) is 0 Å². The molecule has 0 unspecified atom stereocenters. The molecule has 32 heavy (non-hydrogen) atoms. The van der Waals surface area contributed by atoms with E-state index in [2.05, 4.69) is 13.8 Å². The molecule has 3 aromatic rings. The largest absolute Gasteiger partial charge is 0.457 e. The zero-order chi connectivity index (χ0) is 25.4. The number of rotatable bonds is 4. The molecule has 0 atom stereocenters. The van der Waals surface area contributed by atoms with Gasteiger partial charge in [-0.15, -0.1) is 0 Å². The summed E-state index contributed by atoms with van der Waals surface area (Å²) in [4.78, 5) is 16.0. The van der Waals surface area contributed by atoms with E-state index in [1.165, 1.54) is 11.1 Å². The third-order valence-corrected chi connectivity index (χ3v) is 3.34. The summed E-state index contributed by atoms with van der Waals surface area (Å²) < 4.78 is 11.6. The second-order valence-corrected chi connectivity index (χ2v) is 5.30. The number of ether oxygens (including phenoxy) is 2. The summed E-state index contributed by atoms with van der Waals surface area (Å²) in [5, 5.41) is 0. The summed E-state index contributed by atoms with van der Waals surface area (Å²) in [6, 6.07) is 23.6. The van der Waals surface area contributed by atoms with Gasteiger partial charge < -0.3 is 19.1 Å². The monoisotopic (exact) mass is 440 g/mol. The third kappa shape index (κ3) is 14.6. The Kier molecular flexibility index (Phi) is 24.8. The van der Waals surface area contributed by atoms with E-state index in [4.69, 9.17) is 19.1 Å². The van der Waals surface area contributed by atoms with Crippen molar-refractivity contribution in [1.29, 1.82) is 0 Å². The van der Waals surface area contributed by atoms with Crippen LogP contribution in [-0.4, -0.2) is 13.6 Å². The average molecular weight is 441 g/mol. The highest BCUT2D eigenvalue weighted by molar-refractivity contribution is 5.38. The normalized spacial score (nSPS) is 7.88. The van der Waals surface area contributed by atoms with E-state index in [0.29, 0.717) is 0 Å². The average Bonchev–Trinajstić information content (AvgIpc) is 2.89. The van der Waals surface area contributed by atoms with Crippen LogP contribution < -0.4 is 9.47 Å². The number of hydrogen-bond donors (Lipinski definition) is 0. The van der Waals surface area contributed by atoms with Gasteiger partial charge in [0.15, 0.2) is 0 Å². The van der Waals surface area contributed by atoms with Crippen LogP contribution in [0.2, 0.25) is 0 Å². The molecule has 0 saturated carbocycles. The SMILES string of the molecule is C=O.C=O.CC.CC.CC.Cc1ccc(Oc2ccc(Oc3ccc(C)cc3)cc2)cc1. The summed E-state index contributed by atoms with van der Waals surface area (Å²) >= 11 is 0. The molecule has 0 amide bonds. The van der Waals surface area contributed by atoms with Crippen molar-refractivity contribution in [3.05, 3.63) is 83.9 Å². The lowest BCUT2D eigenvalue weighted by Gasteiger charge is -2.08. The Morgan fingerprint density at radius 1 is 0.406 bits per heavy atom. The minimum atomic E-state index is 0.792. The molecule has 0 N–H and O–H groups in total. The number of hydrogen-bond acceptors (Lipinski definition) is 4. The molecule has 3 rings (SSSR count). The van der Waals surface area contributed by atoms with Gasteiger partial charge in [-0.2, -0.15) is 0 Å². The predicted octanol–water partition coefficient (Wildman–Crippen LogP) is 8.60. The van der Waals surface area contributed by atoms with Crippen molar-refractivity contribution in [1.82, 2.24) is 0 Å². The Bertz CT molecular complexity index is 696. The molecule has 0 aliphatic carbocycles. The number of carbonyl (C=O) groups is 2. The fraction of sp³-hybridized carbons (Fsp3) is 0.286. The van der Waals surface area contributed by atoms with Crippen molar-refractivity contribution in [2.24, 2.45) is 0 Å². The van der Waals surface area contributed by atoms with E-state index in [1.807, 2.05) is 128 Å². The lowest BCUT2D eigenvalue weighted by Crippen LogP contribution is -1.86. The summed E-state index contributed by atoms with van der Waals surface area (Å²) in [5.74, 6) is 3.25. The summed E-state index contributed by atoms with van der Waals surface area (Å²) in [6.07, 6.45) is 0. The molecular formula is C28H40O4. The molecule has 0 spiro atoms. The highest BCUT2D eigenvalue weighted by atomic mass is 16.5. The van der Waals surface area contributed by atoms with Gasteiger partial charge in [0.25, 0.3) is 0 Å². The van der Waals surface area contributed by atoms with Crippen molar-refractivity contribution >= 4 is 13.6 Å². The summed E-state index contributed by atoms with van der Waals surface area (Å²) in [7, 11) is 0. The van der Waals surface area contributed by atoms with Crippen LogP contribution in [0.25, 0.3) is 0 Å². The Morgan fingerprint density at radius 3 is 0.750 bits per heavy atom. The Balaban J connectivity index is -0.000000744. The summed E-state index contributed by atoms with van der Waals surface area (Å²) in [5.41, 5.74) is 2.43. The molecule has 0 bridgehead atoms. The Morgan fingerprint density at radius 2 is 0.562 bits per heavy atom. The highest BCUT2D eigenvalue weighted by Gasteiger charge is 2.00. The molecule has 0 aliphatic rings. The van der Waals surface area contributed by atoms with Crippen LogP contribution in [0.3, 0.4) is 0 Å². The topological polar surface area (TPSA) is 52.6 Å². The van der Waals surface area contributed by atoms with Gasteiger partial charge in [0.2, 0.25) is 0 Å². The molecule has 3 aromatic carbocycles.